The van der Waals surface area contributed by atoms with Crippen molar-refractivity contribution in [2.75, 3.05) is 13.7 Å². The van der Waals surface area contributed by atoms with Crippen LogP contribution in [-0.2, 0) is 6.42 Å². The van der Waals surface area contributed by atoms with Crippen molar-refractivity contribution in [3.63, 3.8) is 0 Å². The lowest BCUT2D eigenvalue weighted by molar-refractivity contribution is 0.264. The Kier molecular flexibility index (Phi) is 4.77. The van der Waals surface area contributed by atoms with Crippen LogP contribution in [0, 0.1) is 0 Å². The van der Waals surface area contributed by atoms with Gasteiger partial charge in [0.1, 0.15) is 5.75 Å². The van der Waals surface area contributed by atoms with Crippen LogP contribution < -0.4 is 10.5 Å². The Balaban J connectivity index is 2.93. The van der Waals surface area contributed by atoms with Gasteiger partial charge in [-0.2, -0.15) is 0 Å². The molecular weight excluding hydrogens is 202 g/mol. The average Bonchev–Trinajstić information content (AvgIpc) is 2.29. The van der Waals surface area contributed by atoms with Crippen LogP contribution in [0.15, 0.2) is 18.2 Å². The van der Waals surface area contributed by atoms with Crippen LogP contribution in [-0.4, -0.2) is 24.9 Å². The molecule has 0 fully saturated rings. The fourth-order valence-electron chi connectivity index (χ4n) is 1.64. The number of hydrogen-bond acceptors (Lipinski definition) is 3. The predicted octanol–water partition coefficient (Wildman–Crippen LogP) is 1.68. The molecule has 0 saturated carbocycles. The SMILES string of the molecule is COc1cc(C(C)C)ccc1CC(N)CO. The second kappa shape index (κ2) is 5.87. The van der Waals surface area contributed by atoms with Gasteiger partial charge >= 0.3 is 0 Å². The molecule has 0 aliphatic carbocycles. The molecule has 90 valence electrons. The fraction of sp³-hybridized carbons (Fsp3) is 0.538. The highest BCUT2D eigenvalue weighted by molar-refractivity contribution is 5.39. The summed E-state index contributed by atoms with van der Waals surface area (Å²) in [6, 6.07) is 5.94. The zero-order chi connectivity index (χ0) is 12.1. The van der Waals surface area contributed by atoms with Crippen LogP contribution in [0.3, 0.4) is 0 Å². The molecule has 3 N–H and O–H groups in total. The van der Waals surface area contributed by atoms with Crippen molar-refractivity contribution < 1.29 is 9.84 Å². The van der Waals surface area contributed by atoms with Gasteiger partial charge in [-0.15, -0.1) is 0 Å². The number of benzene rings is 1. The third-order valence-corrected chi connectivity index (χ3v) is 2.69. The molecule has 1 atom stereocenters. The van der Waals surface area contributed by atoms with Crippen molar-refractivity contribution in [1.82, 2.24) is 0 Å². The summed E-state index contributed by atoms with van der Waals surface area (Å²) in [5.74, 6) is 1.34. The molecule has 0 saturated heterocycles. The number of methoxy groups -OCH3 is 1. The van der Waals surface area contributed by atoms with Crippen LogP contribution in [0.5, 0.6) is 5.75 Å². The largest absolute Gasteiger partial charge is 0.496 e. The Morgan fingerprint density at radius 2 is 2.06 bits per heavy atom. The van der Waals surface area contributed by atoms with Gasteiger partial charge in [0.2, 0.25) is 0 Å². The van der Waals surface area contributed by atoms with Crippen molar-refractivity contribution in [3.05, 3.63) is 29.3 Å². The molecule has 0 heterocycles. The first kappa shape index (κ1) is 13.0. The molecule has 0 bridgehead atoms. The van der Waals surface area contributed by atoms with Crippen molar-refractivity contribution in [2.45, 2.75) is 32.2 Å². The van der Waals surface area contributed by atoms with E-state index in [1.807, 2.05) is 12.1 Å². The highest BCUT2D eigenvalue weighted by Crippen LogP contribution is 2.25. The summed E-state index contributed by atoms with van der Waals surface area (Å²) >= 11 is 0. The third-order valence-electron chi connectivity index (χ3n) is 2.69. The van der Waals surface area contributed by atoms with E-state index >= 15 is 0 Å². The molecule has 1 aromatic carbocycles. The van der Waals surface area contributed by atoms with Gasteiger partial charge in [0.25, 0.3) is 0 Å². The minimum atomic E-state index is -0.223. The molecule has 0 radical (unpaired) electrons. The maximum absolute atomic E-state index is 8.94. The molecule has 0 aliphatic heterocycles. The highest BCUT2D eigenvalue weighted by Gasteiger charge is 2.10. The maximum atomic E-state index is 8.94. The summed E-state index contributed by atoms with van der Waals surface area (Å²) in [7, 11) is 1.66. The lowest BCUT2D eigenvalue weighted by Gasteiger charge is -2.14. The second-order valence-electron chi connectivity index (χ2n) is 4.37. The number of rotatable bonds is 5. The van der Waals surface area contributed by atoms with Gasteiger partial charge in [0, 0.05) is 6.04 Å². The topological polar surface area (TPSA) is 55.5 Å². The monoisotopic (exact) mass is 223 g/mol. The minimum absolute atomic E-state index is 0.00487. The standard InChI is InChI=1S/C13H21NO2/c1-9(2)10-4-5-11(6-12(14)8-15)13(7-10)16-3/h4-5,7,9,12,15H,6,8,14H2,1-3H3. The van der Waals surface area contributed by atoms with Crippen LogP contribution in [0.2, 0.25) is 0 Å². The fourth-order valence-corrected chi connectivity index (χ4v) is 1.64. The summed E-state index contributed by atoms with van der Waals surface area (Å²) in [4.78, 5) is 0. The average molecular weight is 223 g/mol. The van der Waals surface area contributed by atoms with Gasteiger partial charge in [0.05, 0.1) is 13.7 Å². The van der Waals surface area contributed by atoms with Gasteiger partial charge in [-0.25, -0.2) is 0 Å². The molecule has 16 heavy (non-hydrogen) atoms. The lowest BCUT2D eigenvalue weighted by atomic mass is 9.98. The first-order valence-corrected chi connectivity index (χ1v) is 5.61. The molecule has 0 spiro atoms. The van der Waals surface area contributed by atoms with E-state index < -0.39 is 0 Å². The normalized spacial score (nSPS) is 12.9. The van der Waals surface area contributed by atoms with Crippen molar-refractivity contribution in [1.29, 1.82) is 0 Å². The smallest absolute Gasteiger partial charge is 0.122 e. The lowest BCUT2D eigenvalue weighted by Crippen LogP contribution is -2.27. The Morgan fingerprint density at radius 3 is 2.56 bits per heavy atom. The summed E-state index contributed by atoms with van der Waals surface area (Å²) in [5, 5.41) is 8.94. The molecule has 1 rings (SSSR count). The van der Waals surface area contributed by atoms with Crippen molar-refractivity contribution in [3.8, 4) is 5.75 Å². The van der Waals surface area contributed by atoms with Gasteiger partial charge in [-0.1, -0.05) is 26.0 Å². The molecule has 3 heteroatoms. The van der Waals surface area contributed by atoms with E-state index in [0.29, 0.717) is 12.3 Å². The van der Waals surface area contributed by atoms with Crippen LogP contribution in [0.1, 0.15) is 30.9 Å². The van der Waals surface area contributed by atoms with Gasteiger partial charge < -0.3 is 15.6 Å². The molecule has 3 nitrogen and oxygen atoms in total. The molecule has 0 aromatic heterocycles. The third kappa shape index (κ3) is 3.22. The highest BCUT2D eigenvalue weighted by atomic mass is 16.5. The quantitative estimate of drug-likeness (QED) is 0.798. The van der Waals surface area contributed by atoms with E-state index in [2.05, 4.69) is 19.9 Å². The van der Waals surface area contributed by atoms with Gasteiger partial charge in [0.15, 0.2) is 0 Å². The van der Waals surface area contributed by atoms with Gasteiger partial charge in [-0.3, -0.25) is 0 Å². The summed E-state index contributed by atoms with van der Waals surface area (Å²) < 4.78 is 5.34. The molecule has 0 aliphatic rings. The maximum Gasteiger partial charge on any atom is 0.122 e. The zero-order valence-electron chi connectivity index (χ0n) is 10.2. The number of nitrogens with two attached hydrogens (primary N) is 1. The second-order valence-corrected chi connectivity index (χ2v) is 4.37. The van der Waals surface area contributed by atoms with Crippen LogP contribution >= 0.6 is 0 Å². The number of aliphatic hydroxyl groups is 1. The predicted molar refractivity (Wildman–Crippen MR) is 65.8 cm³/mol. The number of hydrogen-bond donors (Lipinski definition) is 2. The van der Waals surface area contributed by atoms with Crippen LogP contribution in [0.25, 0.3) is 0 Å². The van der Waals surface area contributed by atoms with E-state index in [-0.39, 0.29) is 12.6 Å². The van der Waals surface area contributed by atoms with E-state index in [9.17, 15) is 0 Å². The van der Waals surface area contributed by atoms with E-state index in [4.69, 9.17) is 15.6 Å². The summed E-state index contributed by atoms with van der Waals surface area (Å²) in [6.45, 7) is 4.29. The van der Waals surface area contributed by atoms with Crippen LogP contribution in [0.4, 0.5) is 0 Å². The Labute approximate surface area is 97.2 Å². The molecule has 1 unspecified atom stereocenters. The first-order chi connectivity index (χ1) is 7.58. The van der Waals surface area contributed by atoms with Crippen molar-refractivity contribution in [2.24, 2.45) is 5.73 Å². The van der Waals surface area contributed by atoms with Gasteiger partial charge in [-0.05, 0) is 29.5 Å². The van der Waals surface area contributed by atoms with E-state index in [0.717, 1.165) is 11.3 Å². The Hall–Kier alpha value is -1.06. The Bertz CT molecular complexity index is 337. The van der Waals surface area contributed by atoms with E-state index in [1.165, 1.54) is 5.56 Å². The Morgan fingerprint density at radius 1 is 1.38 bits per heavy atom. The first-order valence-electron chi connectivity index (χ1n) is 5.61. The van der Waals surface area contributed by atoms with E-state index in [1.54, 1.807) is 7.11 Å². The zero-order valence-corrected chi connectivity index (χ0v) is 10.2. The summed E-state index contributed by atoms with van der Waals surface area (Å²) in [5.41, 5.74) is 8.02. The molecule has 1 aromatic rings. The minimum Gasteiger partial charge on any atom is -0.496 e. The van der Waals surface area contributed by atoms with Crippen molar-refractivity contribution >= 4 is 0 Å². The molecular formula is C13H21NO2. The number of ether oxygens (including phenoxy) is 1. The summed E-state index contributed by atoms with van der Waals surface area (Å²) in [6.07, 6.45) is 0.637. The number of aliphatic hydroxyl groups excluding tert-OH is 1. The molecule has 0 amide bonds.